The number of halogens is 1. The first-order chi connectivity index (χ1) is 7.81. The Morgan fingerprint density at radius 1 is 1.31 bits per heavy atom. The van der Waals surface area contributed by atoms with Gasteiger partial charge in [-0.25, -0.2) is 4.39 Å². The van der Waals surface area contributed by atoms with Crippen molar-refractivity contribution in [3.63, 3.8) is 0 Å². The Morgan fingerprint density at radius 2 is 2.19 bits per heavy atom. The lowest BCUT2D eigenvalue weighted by atomic mass is 10.1. The van der Waals surface area contributed by atoms with Crippen LogP contribution in [0, 0.1) is 5.82 Å². The molecule has 0 radical (unpaired) electrons. The summed E-state index contributed by atoms with van der Waals surface area (Å²) in [6.07, 6.45) is 3.09. The van der Waals surface area contributed by atoms with Gasteiger partial charge in [-0.05, 0) is 24.2 Å². The first kappa shape index (κ1) is 10.9. The van der Waals surface area contributed by atoms with Crippen LogP contribution in [0.25, 0.3) is 11.1 Å². The Bertz CT molecular complexity index is 451. The van der Waals surface area contributed by atoms with Gasteiger partial charge in [0.2, 0.25) is 0 Å². The van der Waals surface area contributed by atoms with E-state index >= 15 is 0 Å². The van der Waals surface area contributed by atoms with Gasteiger partial charge in [0, 0.05) is 17.7 Å². The number of furan rings is 1. The molecule has 2 nitrogen and oxygen atoms in total. The fraction of sp³-hybridized carbons (Fsp3) is 0.231. The molecule has 0 aliphatic rings. The molecule has 2 aromatic rings. The van der Waals surface area contributed by atoms with E-state index in [0.29, 0.717) is 12.1 Å². The largest absolute Gasteiger partial charge is 0.472 e. The van der Waals surface area contributed by atoms with E-state index in [-0.39, 0.29) is 5.82 Å². The summed E-state index contributed by atoms with van der Waals surface area (Å²) >= 11 is 0. The molecule has 0 atom stereocenters. The monoisotopic (exact) mass is 219 g/mol. The summed E-state index contributed by atoms with van der Waals surface area (Å²) in [6.45, 7) is 3.60. The van der Waals surface area contributed by atoms with Gasteiger partial charge >= 0.3 is 0 Å². The van der Waals surface area contributed by atoms with E-state index in [2.05, 4.69) is 5.32 Å². The zero-order valence-corrected chi connectivity index (χ0v) is 9.16. The molecule has 16 heavy (non-hydrogen) atoms. The van der Waals surface area contributed by atoms with E-state index in [4.69, 9.17) is 4.42 Å². The van der Waals surface area contributed by atoms with Crippen molar-refractivity contribution < 1.29 is 8.81 Å². The van der Waals surface area contributed by atoms with Gasteiger partial charge in [-0.1, -0.05) is 19.1 Å². The summed E-state index contributed by atoms with van der Waals surface area (Å²) in [5, 5.41) is 3.16. The minimum Gasteiger partial charge on any atom is -0.472 e. The van der Waals surface area contributed by atoms with Crippen LogP contribution in [-0.2, 0) is 6.54 Å². The smallest absolute Gasteiger partial charge is 0.131 e. The fourth-order valence-corrected chi connectivity index (χ4v) is 1.59. The molecule has 0 saturated carbocycles. The van der Waals surface area contributed by atoms with Crippen LogP contribution in [0.1, 0.15) is 12.5 Å². The van der Waals surface area contributed by atoms with Crippen molar-refractivity contribution in [1.29, 1.82) is 0 Å². The normalized spacial score (nSPS) is 10.6. The van der Waals surface area contributed by atoms with E-state index in [9.17, 15) is 4.39 Å². The van der Waals surface area contributed by atoms with Crippen LogP contribution < -0.4 is 5.32 Å². The fourth-order valence-electron chi connectivity index (χ4n) is 1.59. The van der Waals surface area contributed by atoms with Gasteiger partial charge in [-0.3, -0.25) is 0 Å². The average molecular weight is 219 g/mol. The summed E-state index contributed by atoms with van der Waals surface area (Å²) in [6, 6.07) is 7.02. The summed E-state index contributed by atoms with van der Waals surface area (Å²) < 4.78 is 18.7. The van der Waals surface area contributed by atoms with Crippen LogP contribution in [-0.4, -0.2) is 6.54 Å². The third kappa shape index (κ3) is 2.31. The van der Waals surface area contributed by atoms with Gasteiger partial charge in [0.15, 0.2) is 0 Å². The molecule has 1 heterocycles. The molecular formula is C13H14FNO. The van der Waals surface area contributed by atoms with Gasteiger partial charge in [0.25, 0.3) is 0 Å². The first-order valence-electron chi connectivity index (χ1n) is 5.33. The molecule has 1 N–H and O–H groups in total. The van der Waals surface area contributed by atoms with Gasteiger partial charge in [0.05, 0.1) is 12.5 Å². The van der Waals surface area contributed by atoms with Crippen molar-refractivity contribution in [2.24, 2.45) is 0 Å². The highest BCUT2D eigenvalue weighted by atomic mass is 19.1. The Kier molecular flexibility index (Phi) is 3.37. The van der Waals surface area contributed by atoms with Crippen molar-refractivity contribution >= 4 is 0 Å². The van der Waals surface area contributed by atoms with Crippen LogP contribution in [0.2, 0.25) is 0 Å². The summed E-state index contributed by atoms with van der Waals surface area (Å²) in [7, 11) is 0. The molecule has 84 valence electrons. The predicted octanol–water partition coefficient (Wildman–Crippen LogP) is 3.20. The van der Waals surface area contributed by atoms with E-state index in [1.165, 1.54) is 0 Å². The molecule has 0 amide bonds. The van der Waals surface area contributed by atoms with E-state index in [1.807, 2.05) is 13.0 Å². The summed E-state index contributed by atoms with van der Waals surface area (Å²) in [5.41, 5.74) is 2.30. The van der Waals surface area contributed by atoms with E-state index in [0.717, 1.165) is 17.7 Å². The van der Waals surface area contributed by atoms with E-state index in [1.54, 1.807) is 30.7 Å². The van der Waals surface area contributed by atoms with Crippen molar-refractivity contribution in [1.82, 2.24) is 5.32 Å². The van der Waals surface area contributed by atoms with Gasteiger partial charge in [-0.2, -0.15) is 0 Å². The minimum absolute atomic E-state index is 0.211. The number of benzene rings is 1. The lowest BCUT2D eigenvalue weighted by Gasteiger charge is -2.05. The molecule has 0 aliphatic heterocycles. The Hall–Kier alpha value is -1.61. The lowest BCUT2D eigenvalue weighted by molar-refractivity contribution is 0.567. The summed E-state index contributed by atoms with van der Waals surface area (Å²) in [5.74, 6) is -0.211. The molecule has 0 aliphatic carbocycles. The van der Waals surface area contributed by atoms with Crippen molar-refractivity contribution in [3.05, 3.63) is 48.2 Å². The molecule has 3 heteroatoms. The number of nitrogens with one attached hydrogen (secondary N) is 1. The van der Waals surface area contributed by atoms with Crippen LogP contribution in [0.3, 0.4) is 0 Å². The second-order valence-electron chi connectivity index (χ2n) is 3.61. The average Bonchev–Trinajstić information content (AvgIpc) is 2.80. The molecule has 1 aromatic heterocycles. The Morgan fingerprint density at radius 3 is 2.81 bits per heavy atom. The zero-order valence-electron chi connectivity index (χ0n) is 9.16. The molecule has 0 saturated heterocycles. The number of hydrogen-bond acceptors (Lipinski definition) is 2. The topological polar surface area (TPSA) is 25.2 Å². The molecular weight excluding hydrogens is 205 g/mol. The standard InChI is InChI=1S/C13H14FNO/c1-2-15-8-10-3-4-12(13(14)7-10)11-5-6-16-9-11/h3-7,9,15H,2,8H2,1H3. The predicted molar refractivity (Wildman–Crippen MR) is 61.5 cm³/mol. The van der Waals surface area contributed by atoms with Gasteiger partial charge in [-0.15, -0.1) is 0 Å². The Balaban J connectivity index is 2.23. The minimum atomic E-state index is -0.211. The third-order valence-corrected chi connectivity index (χ3v) is 2.44. The number of rotatable bonds is 4. The third-order valence-electron chi connectivity index (χ3n) is 2.44. The zero-order chi connectivity index (χ0) is 11.4. The maximum atomic E-state index is 13.8. The van der Waals surface area contributed by atoms with Gasteiger partial charge < -0.3 is 9.73 Å². The van der Waals surface area contributed by atoms with E-state index < -0.39 is 0 Å². The quantitative estimate of drug-likeness (QED) is 0.854. The highest BCUT2D eigenvalue weighted by Gasteiger charge is 2.06. The Labute approximate surface area is 94.1 Å². The van der Waals surface area contributed by atoms with Crippen molar-refractivity contribution in [2.75, 3.05) is 6.54 Å². The van der Waals surface area contributed by atoms with Gasteiger partial charge in [0.1, 0.15) is 5.82 Å². The summed E-state index contributed by atoms with van der Waals surface area (Å²) in [4.78, 5) is 0. The van der Waals surface area contributed by atoms with Crippen LogP contribution >= 0.6 is 0 Å². The molecule has 2 rings (SSSR count). The SMILES string of the molecule is CCNCc1ccc(-c2ccoc2)c(F)c1. The molecule has 0 spiro atoms. The molecule has 0 bridgehead atoms. The second kappa shape index (κ2) is 4.94. The number of hydrogen-bond donors (Lipinski definition) is 1. The van der Waals surface area contributed by atoms with Crippen LogP contribution in [0.5, 0.6) is 0 Å². The van der Waals surface area contributed by atoms with Crippen LogP contribution in [0.4, 0.5) is 4.39 Å². The highest BCUT2D eigenvalue weighted by Crippen LogP contribution is 2.23. The maximum Gasteiger partial charge on any atom is 0.131 e. The lowest BCUT2D eigenvalue weighted by Crippen LogP contribution is -2.11. The first-order valence-corrected chi connectivity index (χ1v) is 5.33. The maximum absolute atomic E-state index is 13.8. The van der Waals surface area contributed by atoms with Crippen molar-refractivity contribution in [3.8, 4) is 11.1 Å². The second-order valence-corrected chi connectivity index (χ2v) is 3.61. The van der Waals surface area contributed by atoms with Crippen molar-refractivity contribution in [2.45, 2.75) is 13.5 Å². The molecule has 0 fully saturated rings. The van der Waals surface area contributed by atoms with Crippen LogP contribution in [0.15, 0.2) is 41.2 Å². The molecule has 0 unspecified atom stereocenters. The molecule has 1 aromatic carbocycles. The highest BCUT2D eigenvalue weighted by molar-refractivity contribution is 5.63.